The van der Waals surface area contributed by atoms with Crippen LogP contribution in [0.15, 0.2) is 0 Å². The van der Waals surface area contributed by atoms with Gasteiger partial charge in [0.1, 0.15) is 0 Å². The summed E-state index contributed by atoms with van der Waals surface area (Å²) >= 11 is 0. The number of amides is 1. The molecule has 0 atom stereocenters. The Labute approximate surface area is 92.4 Å². The van der Waals surface area contributed by atoms with Crippen LogP contribution >= 0.6 is 0 Å². The fourth-order valence-electron chi connectivity index (χ4n) is 0.951. The van der Waals surface area contributed by atoms with Crippen molar-refractivity contribution in [1.29, 1.82) is 0 Å². The molecule has 4 nitrogen and oxygen atoms in total. The molecule has 0 aromatic carbocycles. The van der Waals surface area contributed by atoms with Crippen molar-refractivity contribution >= 4 is 5.91 Å². The molecule has 0 saturated carbocycles. The van der Waals surface area contributed by atoms with E-state index in [0.29, 0.717) is 25.6 Å². The van der Waals surface area contributed by atoms with E-state index < -0.39 is 0 Å². The molecule has 0 saturated heterocycles. The maximum Gasteiger partial charge on any atom is 0.233 e. The Kier molecular flexibility index (Phi) is 6.52. The average Bonchev–Trinajstić information content (AvgIpc) is 2.14. The number of carbonyl (C=O) groups is 1. The molecule has 15 heavy (non-hydrogen) atoms. The van der Waals surface area contributed by atoms with Crippen LogP contribution in [0.5, 0.6) is 0 Å². The van der Waals surface area contributed by atoms with Crippen molar-refractivity contribution in [3.63, 3.8) is 0 Å². The summed E-state index contributed by atoms with van der Waals surface area (Å²) in [4.78, 5) is 11.3. The van der Waals surface area contributed by atoms with Crippen LogP contribution in [0.2, 0.25) is 0 Å². The molecule has 4 heteroatoms. The first-order valence-electron chi connectivity index (χ1n) is 5.45. The predicted octanol–water partition coefficient (Wildman–Crippen LogP) is 0.367. The van der Waals surface area contributed by atoms with Gasteiger partial charge in [-0.15, -0.1) is 0 Å². The van der Waals surface area contributed by atoms with Gasteiger partial charge in [-0.3, -0.25) is 4.79 Å². The summed E-state index contributed by atoms with van der Waals surface area (Å²) < 4.78 is 0. The highest BCUT2D eigenvalue weighted by molar-refractivity contribution is 5.77. The first-order valence-corrected chi connectivity index (χ1v) is 5.45. The Balaban J connectivity index is 3.55. The summed E-state index contributed by atoms with van der Waals surface area (Å²) in [5.41, 5.74) is -0.168. The second-order valence-corrected chi connectivity index (χ2v) is 5.12. The van der Waals surface area contributed by atoms with Crippen LogP contribution in [0.4, 0.5) is 0 Å². The van der Waals surface area contributed by atoms with Gasteiger partial charge in [0, 0.05) is 25.1 Å². The van der Waals surface area contributed by atoms with Crippen molar-refractivity contribution in [3.8, 4) is 0 Å². The largest absolute Gasteiger partial charge is 0.396 e. The zero-order chi connectivity index (χ0) is 11.9. The molecule has 90 valence electrons. The van der Waals surface area contributed by atoms with Crippen molar-refractivity contribution in [2.24, 2.45) is 11.3 Å². The third kappa shape index (κ3) is 8.39. The summed E-state index contributed by atoms with van der Waals surface area (Å²) in [5.74, 6) is 0.486. The molecule has 0 unspecified atom stereocenters. The molecular weight excluding hydrogens is 192 g/mol. The molecule has 0 rings (SSSR count). The molecule has 0 aliphatic rings. The zero-order valence-corrected chi connectivity index (χ0v) is 10.3. The lowest BCUT2D eigenvalue weighted by atomic mass is 9.95. The van der Waals surface area contributed by atoms with Gasteiger partial charge in [-0.05, 0) is 5.92 Å². The number of carbonyl (C=O) groups excluding carboxylic acids is 1. The van der Waals surface area contributed by atoms with E-state index in [1.54, 1.807) is 0 Å². The zero-order valence-electron chi connectivity index (χ0n) is 10.3. The second kappa shape index (κ2) is 6.80. The number of rotatable bonds is 7. The maximum absolute atomic E-state index is 11.3. The Hall–Kier alpha value is -0.610. The first-order chi connectivity index (χ1) is 6.87. The van der Waals surface area contributed by atoms with E-state index in [0.717, 1.165) is 0 Å². The molecule has 1 amide bonds. The van der Waals surface area contributed by atoms with Crippen molar-refractivity contribution in [3.05, 3.63) is 0 Å². The molecule has 0 radical (unpaired) electrons. The summed E-state index contributed by atoms with van der Waals surface area (Å²) in [7, 11) is 0. The topological polar surface area (TPSA) is 61.4 Å². The second-order valence-electron chi connectivity index (χ2n) is 5.12. The third-order valence-electron chi connectivity index (χ3n) is 2.02. The van der Waals surface area contributed by atoms with Gasteiger partial charge in [0.2, 0.25) is 5.91 Å². The number of nitrogens with one attached hydrogen (secondary N) is 2. The van der Waals surface area contributed by atoms with Crippen LogP contribution in [-0.2, 0) is 4.79 Å². The minimum absolute atomic E-state index is 0.0115. The van der Waals surface area contributed by atoms with E-state index in [2.05, 4.69) is 24.5 Å². The Morgan fingerprint density at radius 1 is 1.40 bits per heavy atom. The van der Waals surface area contributed by atoms with Crippen molar-refractivity contribution in [2.45, 2.75) is 27.7 Å². The molecular formula is C11H24N2O2. The smallest absolute Gasteiger partial charge is 0.233 e. The van der Waals surface area contributed by atoms with Crippen LogP contribution < -0.4 is 10.6 Å². The molecule has 0 spiro atoms. The normalized spacial score (nSPS) is 11.9. The molecule has 0 fully saturated rings. The third-order valence-corrected chi connectivity index (χ3v) is 2.02. The Morgan fingerprint density at radius 3 is 2.47 bits per heavy atom. The summed E-state index contributed by atoms with van der Waals surface area (Å²) in [5, 5.41) is 14.8. The number of hydrogen-bond acceptors (Lipinski definition) is 3. The van der Waals surface area contributed by atoms with Crippen LogP contribution in [0.3, 0.4) is 0 Å². The monoisotopic (exact) mass is 216 g/mol. The van der Waals surface area contributed by atoms with Crippen LogP contribution in [0.1, 0.15) is 27.7 Å². The standard InChI is InChI=1S/C11H24N2O2/c1-9(2)5-13-10(15)6-12-7-11(3,4)8-14/h9,12,14H,5-8H2,1-4H3,(H,13,15). The number of aliphatic hydroxyl groups is 1. The van der Waals surface area contributed by atoms with E-state index in [1.165, 1.54) is 0 Å². The van der Waals surface area contributed by atoms with Crippen molar-refractivity contribution in [1.82, 2.24) is 10.6 Å². The average molecular weight is 216 g/mol. The van der Waals surface area contributed by atoms with Crippen molar-refractivity contribution in [2.75, 3.05) is 26.2 Å². The minimum atomic E-state index is -0.168. The molecule has 0 aromatic rings. The lowest BCUT2D eigenvalue weighted by Gasteiger charge is -2.21. The highest BCUT2D eigenvalue weighted by Gasteiger charge is 2.15. The molecule has 0 aromatic heterocycles. The van der Waals surface area contributed by atoms with E-state index in [9.17, 15) is 4.79 Å². The van der Waals surface area contributed by atoms with Gasteiger partial charge in [-0.2, -0.15) is 0 Å². The van der Waals surface area contributed by atoms with E-state index in [1.807, 2.05) is 13.8 Å². The Morgan fingerprint density at radius 2 is 2.00 bits per heavy atom. The fourth-order valence-corrected chi connectivity index (χ4v) is 0.951. The van der Waals surface area contributed by atoms with Crippen molar-refractivity contribution < 1.29 is 9.90 Å². The summed E-state index contributed by atoms with van der Waals surface area (Å²) in [6, 6.07) is 0. The predicted molar refractivity (Wildman–Crippen MR) is 61.6 cm³/mol. The molecule has 0 aliphatic carbocycles. The highest BCUT2D eigenvalue weighted by Crippen LogP contribution is 2.10. The van der Waals surface area contributed by atoms with Crippen LogP contribution in [0, 0.1) is 11.3 Å². The van der Waals surface area contributed by atoms with Crippen LogP contribution in [0.25, 0.3) is 0 Å². The molecule has 3 N–H and O–H groups in total. The highest BCUT2D eigenvalue weighted by atomic mass is 16.3. The molecule has 0 bridgehead atoms. The van der Waals surface area contributed by atoms with Gasteiger partial charge < -0.3 is 15.7 Å². The summed E-state index contributed by atoms with van der Waals surface area (Å²) in [6.45, 7) is 9.80. The number of aliphatic hydroxyl groups excluding tert-OH is 1. The number of hydrogen-bond donors (Lipinski definition) is 3. The minimum Gasteiger partial charge on any atom is -0.396 e. The van der Waals surface area contributed by atoms with E-state index in [-0.39, 0.29) is 17.9 Å². The fraction of sp³-hybridized carbons (Fsp3) is 0.909. The lowest BCUT2D eigenvalue weighted by molar-refractivity contribution is -0.120. The Bertz CT molecular complexity index is 191. The van der Waals surface area contributed by atoms with Gasteiger partial charge in [-0.1, -0.05) is 27.7 Å². The van der Waals surface area contributed by atoms with Crippen LogP contribution in [-0.4, -0.2) is 37.3 Å². The molecule has 0 aliphatic heterocycles. The lowest BCUT2D eigenvalue weighted by Crippen LogP contribution is -2.40. The van der Waals surface area contributed by atoms with Gasteiger partial charge in [0.25, 0.3) is 0 Å². The quantitative estimate of drug-likeness (QED) is 0.576. The van der Waals surface area contributed by atoms with Gasteiger partial charge >= 0.3 is 0 Å². The maximum atomic E-state index is 11.3. The first kappa shape index (κ1) is 14.4. The van der Waals surface area contributed by atoms with Gasteiger partial charge in [0.05, 0.1) is 6.54 Å². The van der Waals surface area contributed by atoms with Gasteiger partial charge in [0.15, 0.2) is 0 Å². The SMILES string of the molecule is CC(C)CNC(=O)CNCC(C)(C)CO. The molecule has 0 heterocycles. The van der Waals surface area contributed by atoms with E-state index in [4.69, 9.17) is 5.11 Å². The summed E-state index contributed by atoms with van der Waals surface area (Å²) in [6.07, 6.45) is 0. The van der Waals surface area contributed by atoms with Gasteiger partial charge in [-0.25, -0.2) is 0 Å². The van der Waals surface area contributed by atoms with E-state index >= 15 is 0 Å².